The van der Waals surface area contributed by atoms with Crippen molar-refractivity contribution in [2.45, 2.75) is 58.7 Å². The molecule has 1 aliphatic carbocycles. The number of nitrogens with zero attached hydrogens (tertiary/aromatic N) is 3. The van der Waals surface area contributed by atoms with Crippen LogP contribution in [0.5, 0.6) is 0 Å². The summed E-state index contributed by atoms with van der Waals surface area (Å²) in [5, 5.41) is 5.66. The topological polar surface area (TPSA) is 32.6 Å². The van der Waals surface area contributed by atoms with E-state index in [0.29, 0.717) is 6.04 Å². The quantitative estimate of drug-likeness (QED) is 0.850. The molecule has 0 aliphatic heterocycles. The van der Waals surface area contributed by atoms with E-state index in [2.05, 4.69) is 47.0 Å². The number of nitrogens with one attached hydrogen (secondary N) is 1. The van der Waals surface area contributed by atoms with Gasteiger partial charge < -0.3 is 10.2 Å². The third-order valence-electron chi connectivity index (χ3n) is 3.74. The number of imidazole rings is 1. The molecular formula is C15H24N4S. The van der Waals surface area contributed by atoms with Gasteiger partial charge in [-0.1, -0.05) is 20.8 Å². The Hall–Kier alpha value is -1.07. The number of hydrogen-bond acceptors (Lipinski definition) is 4. The number of rotatable bonds is 7. The van der Waals surface area contributed by atoms with Crippen molar-refractivity contribution >= 4 is 22.1 Å². The fraction of sp³-hybridized carbons (Fsp3) is 0.667. The molecule has 1 N–H and O–H groups in total. The lowest BCUT2D eigenvalue weighted by Gasteiger charge is -2.23. The van der Waals surface area contributed by atoms with Crippen LogP contribution in [0.4, 0.5) is 5.82 Å². The molecule has 110 valence electrons. The molecule has 0 radical (unpaired) electrons. The van der Waals surface area contributed by atoms with E-state index in [1.165, 1.54) is 30.8 Å². The Morgan fingerprint density at radius 1 is 1.50 bits per heavy atom. The molecule has 5 heteroatoms. The lowest BCUT2D eigenvalue weighted by Crippen LogP contribution is -2.30. The van der Waals surface area contributed by atoms with Crippen LogP contribution in [0.15, 0.2) is 11.6 Å². The Labute approximate surface area is 124 Å². The molecule has 1 fully saturated rings. The minimum atomic E-state index is 0.493. The normalized spacial score (nSPS) is 15.4. The van der Waals surface area contributed by atoms with Crippen molar-refractivity contribution in [1.29, 1.82) is 0 Å². The van der Waals surface area contributed by atoms with E-state index in [1.807, 2.05) is 0 Å². The molecule has 0 saturated heterocycles. The van der Waals surface area contributed by atoms with Gasteiger partial charge in [0.05, 0.1) is 5.69 Å². The molecule has 1 aliphatic rings. The van der Waals surface area contributed by atoms with Gasteiger partial charge in [0.1, 0.15) is 0 Å². The minimum absolute atomic E-state index is 0.493. The fourth-order valence-corrected chi connectivity index (χ4v) is 3.33. The van der Waals surface area contributed by atoms with Gasteiger partial charge in [-0.3, -0.25) is 4.40 Å². The Kier molecular flexibility index (Phi) is 3.98. The second kappa shape index (κ2) is 5.74. The van der Waals surface area contributed by atoms with Crippen LogP contribution in [0.2, 0.25) is 0 Å². The van der Waals surface area contributed by atoms with Gasteiger partial charge in [0.25, 0.3) is 0 Å². The van der Waals surface area contributed by atoms with Crippen LogP contribution in [-0.2, 0) is 6.54 Å². The van der Waals surface area contributed by atoms with E-state index >= 15 is 0 Å². The zero-order valence-corrected chi connectivity index (χ0v) is 13.4. The molecule has 0 atom stereocenters. The van der Waals surface area contributed by atoms with Gasteiger partial charge >= 0.3 is 0 Å². The molecule has 0 unspecified atom stereocenters. The fourth-order valence-electron chi connectivity index (χ4n) is 2.60. The lowest BCUT2D eigenvalue weighted by molar-refractivity contribution is 0.578. The first kappa shape index (κ1) is 13.9. The van der Waals surface area contributed by atoms with Crippen LogP contribution in [0, 0.1) is 0 Å². The van der Waals surface area contributed by atoms with Crippen LogP contribution in [0.25, 0.3) is 4.96 Å². The summed E-state index contributed by atoms with van der Waals surface area (Å²) in [6, 6.07) is 1.21. The summed E-state index contributed by atoms with van der Waals surface area (Å²) in [6.07, 6.45) is 5.97. The van der Waals surface area contributed by atoms with Gasteiger partial charge in [0.15, 0.2) is 10.8 Å². The van der Waals surface area contributed by atoms with Crippen molar-refractivity contribution in [3.05, 3.63) is 17.3 Å². The molecule has 0 aromatic carbocycles. The van der Waals surface area contributed by atoms with Gasteiger partial charge in [0.2, 0.25) is 0 Å². The lowest BCUT2D eigenvalue weighted by atomic mass is 10.3. The van der Waals surface area contributed by atoms with E-state index < -0.39 is 0 Å². The molecule has 2 aromatic heterocycles. The van der Waals surface area contributed by atoms with E-state index in [9.17, 15) is 0 Å². The summed E-state index contributed by atoms with van der Waals surface area (Å²) in [5.74, 6) is 1.20. The summed E-state index contributed by atoms with van der Waals surface area (Å²) < 4.78 is 2.25. The molecule has 0 amide bonds. The van der Waals surface area contributed by atoms with Crippen molar-refractivity contribution in [2.75, 3.05) is 11.4 Å². The largest absolute Gasteiger partial charge is 0.352 e. The van der Waals surface area contributed by atoms with Gasteiger partial charge in [-0.2, -0.15) is 0 Å². The van der Waals surface area contributed by atoms with Crippen molar-refractivity contribution in [3.8, 4) is 0 Å². The third kappa shape index (κ3) is 2.69. The van der Waals surface area contributed by atoms with Gasteiger partial charge in [-0.05, 0) is 19.3 Å². The zero-order chi connectivity index (χ0) is 14.1. The summed E-state index contributed by atoms with van der Waals surface area (Å²) in [4.78, 5) is 8.54. The molecule has 3 rings (SSSR count). The van der Waals surface area contributed by atoms with Gasteiger partial charge in [0, 0.05) is 36.8 Å². The van der Waals surface area contributed by atoms with Crippen molar-refractivity contribution in [2.24, 2.45) is 0 Å². The number of aromatic nitrogens is 2. The number of fused-ring (bicyclic) bond motifs is 1. The third-order valence-corrected chi connectivity index (χ3v) is 4.50. The van der Waals surface area contributed by atoms with E-state index in [4.69, 9.17) is 4.98 Å². The van der Waals surface area contributed by atoms with Gasteiger partial charge in [-0.25, -0.2) is 4.98 Å². The molecule has 1 saturated carbocycles. The number of hydrogen-bond donors (Lipinski definition) is 1. The summed E-state index contributed by atoms with van der Waals surface area (Å²) in [5.41, 5.74) is 1.32. The van der Waals surface area contributed by atoms with Crippen LogP contribution >= 0.6 is 11.3 Å². The Balaban J connectivity index is 1.94. The van der Waals surface area contributed by atoms with Crippen LogP contribution in [0.3, 0.4) is 0 Å². The summed E-state index contributed by atoms with van der Waals surface area (Å²) in [6.45, 7) is 8.63. The van der Waals surface area contributed by atoms with Crippen molar-refractivity contribution in [3.63, 3.8) is 0 Å². The monoisotopic (exact) mass is 292 g/mol. The predicted molar refractivity (Wildman–Crippen MR) is 85.7 cm³/mol. The second-order valence-electron chi connectivity index (χ2n) is 5.90. The Bertz CT molecular complexity index is 567. The highest BCUT2D eigenvalue weighted by molar-refractivity contribution is 7.15. The Morgan fingerprint density at radius 3 is 2.95 bits per heavy atom. The summed E-state index contributed by atoms with van der Waals surface area (Å²) >= 11 is 1.72. The maximum absolute atomic E-state index is 4.90. The van der Waals surface area contributed by atoms with Crippen molar-refractivity contribution < 1.29 is 0 Å². The first-order valence-electron chi connectivity index (χ1n) is 7.65. The Morgan fingerprint density at radius 2 is 2.30 bits per heavy atom. The maximum Gasteiger partial charge on any atom is 0.195 e. The van der Waals surface area contributed by atoms with E-state index in [0.717, 1.165) is 24.1 Å². The highest BCUT2D eigenvalue weighted by atomic mass is 32.1. The smallest absolute Gasteiger partial charge is 0.195 e. The SMILES string of the molecule is CCCN(c1nc2sccn2c1CNC(C)C)C1CC1. The van der Waals surface area contributed by atoms with E-state index in [1.54, 1.807) is 11.3 Å². The standard InChI is InChI=1S/C15H24N4S/c1-4-7-18(12-5-6-12)14-13(10-16-11(2)3)19-8-9-20-15(19)17-14/h8-9,11-12,16H,4-7,10H2,1-3H3. The average molecular weight is 292 g/mol. The average Bonchev–Trinajstić information content (AvgIpc) is 3.04. The molecule has 2 aromatic rings. The number of thiazole rings is 1. The highest BCUT2D eigenvalue weighted by Gasteiger charge is 2.32. The minimum Gasteiger partial charge on any atom is -0.352 e. The zero-order valence-electron chi connectivity index (χ0n) is 12.6. The van der Waals surface area contributed by atoms with Gasteiger partial charge in [-0.15, -0.1) is 11.3 Å². The molecule has 0 spiro atoms. The van der Waals surface area contributed by atoms with Crippen LogP contribution in [0.1, 0.15) is 45.7 Å². The molecule has 4 nitrogen and oxygen atoms in total. The highest BCUT2D eigenvalue weighted by Crippen LogP contribution is 2.34. The molecule has 2 heterocycles. The predicted octanol–water partition coefficient (Wildman–Crippen LogP) is 3.27. The summed E-state index contributed by atoms with van der Waals surface area (Å²) in [7, 11) is 0. The van der Waals surface area contributed by atoms with Crippen LogP contribution in [-0.4, -0.2) is 28.0 Å². The molecule has 20 heavy (non-hydrogen) atoms. The molecular weight excluding hydrogens is 268 g/mol. The maximum atomic E-state index is 4.90. The number of anilines is 1. The second-order valence-corrected chi connectivity index (χ2v) is 6.77. The van der Waals surface area contributed by atoms with Crippen molar-refractivity contribution in [1.82, 2.24) is 14.7 Å². The first-order chi connectivity index (χ1) is 9.70. The molecule has 0 bridgehead atoms. The first-order valence-corrected chi connectivity index (χ1v) is 8.53. The van der Waals surface area contributed by atoms with E-state index in [-0.39, 0.29) is 0 Å². The van der Waals surface area contributed by atoms with Crippen LogP contribution < -0.4 is 10.2 Å².